The number of piperazine rings is 2. The Labute approximate surface area is 177 Å². The quantitative estimate of drug-likeness (QED) is 0.778. The van der Waals surface area contributed by atoms with E-state index in [1.54, 1.807) is 12.4 Å². The van der Waals surface area contributed by atoms with Crippen molar-refractivity contribution in [2.75, 3.05) is 50.7 Å². The van der Waals surface area contributed by atoms with Crippen molar-refractivity contribution < 1.29 is 9.59 Å². The zero-order chi connectivity index (χ0) is 20.8. The molecule has 1 atom stereocenters. The molecule has 2 fully saturated rings. The molecule has 2 aliphatic heterocycles. The zero-order valence-corrected chi connectivity index (χ0v) is 17.2. The summed E-state index contributed by atoms with van der Waals surface area (Å²) in [7, 11) is 0. The van der Waals surface area contributed by atoms with Crippen LogP contribution < -0.4 is 10.2 Å². The van der Waals surface area contributed by atoms with Crippen LogP contribution in [0, 0.1) is 0 Å². The highest BCUT2D eigenvalue weighted by molar-refractivity contribution is 5.89. The Morgan fingerprint density at radius 2 is 1.73 bits per heavy atom. The fourth-order valence-electron chi connectivity index (χ4n) is 4.23. The summed E-state index contributed by atoms with van der Waals surface area (Å²) < 4.78 is 0. The van der Waals surface area contributed by atoms with E-state index in [0.29, 0.717) is 19.6 Å². The summed E-state index contributed by atoms with van der Waals surface area (Å²) in [5.41, 5.74) is 2.39. The Kier molecular flexibility index (Phi) is 6.59. The summed E-state index contributed by atoms with van der Waals surface area (Å²) in [5.74, 6) is 0.0363. The van der Waals surface area contributed by atoms with Gasteiger partial charge in [0.05, 0.1) is 12.5 Å². The Morgan fingerprint density at radius 3 is 2.47 bits per heavy atom. The number of carbonyl (C=O) groups is 2. The maximum atomic E-state index is 13.0. The van der Waals surface area contributed by atoms with Crippen molar-refractivity contribution in [3.63, 3.8) is 0 Å². The topological polar surface area (TPSA) is 68.8 Å². The van der Waals surface area contributed by atoms with Crippen LogP contribution >= 0.6 is 0 Å². The van der Waals surface area contributed by atoms with Crippen molar-refractivity contribution in [2.24, 2.45) is 0 Å². The van der Waals surface area contributed by atoms with Gasteiger partial charge >= 0.3 is 0 Å². The van der Waals surface area contributed by atoms with Gasteiger partial charge in [0.25, 0.3) is 0 Å². The standard InChI is InChI=1S/C23H29N5O2/c29-22(28-16-14-26(15-17-28)20-6-9-24-10-7-20)18-21-23(30)25-11-13-27(21)12-8-19-4-2-1-3-5-19/h1-7,9-10,21H,8,11-18H2,(H,25,30). The van der Waals surface area contributed by atoms with Crippen LogP contribution in [0.3, 0.4) is 0 Å². The molecule has 0 spiro atoms. The lowest BCUT2D eigenvalue weighted by molar-refractivity contribution is -0.139. The summed E-state index contributed by atoms with van der Waals surface area (Å²) in [4.78, 5) is 35.9. The predicted molar refractivity (Wildman–Crippen MR) is 116 cm³/mol. The molecule has 0 aliphatic carbocycles. The van der Waals surface area contributed by atoms with Crippen molar-refractivity contribution in [1.29, 1.82) is 0 Å². The van der Waals surface area contributed by atoms with E-state index in [9.17, 15) is 9.59 Å². The largest absolute Gasteiger partial charge is 0.368 e. The van der Waals surface area contributed by atoms with E-state index in [1.807, 2.05) is 35.2 Å². The summed E-state index contributed by atoms with van der Waals surface area (Å²) in [6.45, 7) is 5.16. The molecule has 30 heavy (non-hydrogen) atoms. The molecule has 7 nitrogen and oxygen atoms in total. The number of amides is 2. The van der Waals surface area contributed by atoms with Crippen LogP contribution in [0.1, 0.15) is 12.0 Å². The number of hydrogen-bond acceptors (Lipinski definition) is 5. The fraction of sp³-hybridized carbons (Fsp3) is 0.435. The number of rotatable bonds is 6. The molecule has 0 radical (unpaired) electrons. The molecule has 1 aromatic carbocycles. The van der Waals surface area contributed by atoms with Gasteiger partial charge in [-0.25, -0.2) is 0 Å². The van der Waals surface area contributed by atoms with E-state index in [4.69, 9.17) is 0 Å². The highest BCUT2D eigenvalue weighted by Crippen LogP contribution is 2.17. The molecule has 0 saturated carbocycles. The third-order valence-corrected chi connectivity index (χ3v) is 6.00. The molecule has 1 unspecified atom stereocenters. The van der Waals surface area contributed by atoms with Crippen molar-refractivity contribution >= 4 is 17.5 Å². The molecule has 2 aromatic rings. The molecular formula is C23H29N5O2. The number of nitrogens with zero attached hydrogens (tertiary/aromatic N) is 4. The molecule has 2 aliphatic rings. The van der Waals surface area contributed by atoms with Crippen molar-refractivity contribution in [2.45, 2.75) is 18.9 Å². The van der Waals surface area contributed by atoms with E-state index in [-0.39, 0.29) is 24.3 Å². The number of hydrogen-bond donors (Lipinski definition) is 1. The number of anilines is 1. The van der Waals surface area contributed by atoms with Gasteiger partial charge < -0.3 is 15.1 Å². The highest BCUT2D eigenvalue weighted by Gasteiger charge is 2.33. The highest BCUT2D eigenvalue weighted by atomic mass is 16.2. The van der Waals surface area contributed by atoms with Gasteiger partial charge in [-0.2, -0.15) is 0 Å². The molecule has 3 heterocycles. The molecule has 1 N–H and O–H groups in total. The summed E-state index contributed by atoms with van der Waals surface area (Å²) >= 11 is 0. The average molecular weight is 408 g/mol. The molecule has 7 heteroatoms. The second-order valence-corrected chi connectivity index (χ2v) is 7.86. The van der Waals surface area contributed by atoms with Gasteiger partial charge in [0.1, 0.15) is 0 Å². The van der Waals surface area contributed by atoms with Gasteiger partial charge in [-0.05, 0) is 24.1 Å². The molecule has 1 aromatic heterocycles. The van der Waals surface area contributed by atoms with Gasteiger partial charge in [-0.1, -0.05) is 30.3 Å². The van der Waals surface area contributed by atoms with Gasteiger partial charge in [0.15, 0.2) is 0 Å². The Morgan fingerprint density at radius 1 is 1.00 bits per heavy atom. The minimum Gasteiger partial charge on any atom is -0.368 e. The van der Waals surface area contributed by atoms with Crippen molar-refractivity contribution in [1.82, 2.24) is 20.1 Å². The first-order valence-corrected chi connectivity index (χ1v) is 10.7. The third kappa shape index (κ3) is 4.97. The van der Waals surface area contributed by atoms with Crippen LogP contribution in [0.4, 0.5) is 5.69 Å². The molecule has 2 amide bonds. The minimum absolute atomic E-state index is 0.0296. The van der Waals surface area contributed by atoms with E-state index in [2.05, 4.69) is 32.2 Å². The first kappa shape index (κ1) is 20.3. The second-order valence-electron chi connectivity index (χ2n) is 7.86. The van der Waals surface area contributed by atoms with Crippen LogP contribution in [0.15, 0.2) is 54.9 Å². The number of carbonyl (C=O) groups excluding carboxylic acids is 2. The molecule has 2 saturated heterocycles. The first-order valence-electron chi connectivity index (χ1n) is 10.7. The van der Waals surface area contributed by atoms with Crippen molar-refractivity contribution in [3.8, 4) is 0 Å². The maximum Gasteiger partial charge on any atom is 0.237 e. The van der Waals surface area contributed by atoms with Crippen LogP contribution in [0.2, 0.25) is 0 Å². The van der Waals surface area contributed by atoms with Crippen LogP contribution in [-0.4, -0.2) is 78.5 Å². The monoisotopic (exact) mass is 407 g/mol. The summed E-state index contributed by atoms with van der Waals surface area (Å²) in [6, 6.07) is 13.9. The van der Waals surface area contributed by atoms with Gasteiger partial charge in [0, 0.05) is 63.9 Å². The lowest BCUT2D eigenvalue weighted by Gasteiger charge is -2.38. The van der Waals surface area contributed by atoms with Crippen LogP contribution in [-0.2, 0) is 16.0 Å². The van der Waals surface area contributed by atoms with E-state index in [0.717, 1.165) is 38.3 Å². The summed E-state index contributed by atoms with van der Waals surface area (Å²) in [5, 5.41) is 2.93. The Hall–Kier alpha value is -2.93. The SMILES string of the molecule is O=C1NCCN(CCc2ccccc2)C1CC(=O)N1CCN(c2ccncc2)CC1. The molecule has 0 bridgehead atoms. The average Bonchev–Trinajstić information content (AvgIpc) is 2.81. The fourth-order valence-corrected chi connectivity index (χ4v) is 4.23. The Balaban J connectivity index is 1.32. The normalized spacial score (nSPS) is 20.1. The number of nitrogens with one attached hydrogen (secondary N) is 1. The lowest BCUT2D eigenvalue weighted by atomic mass is 10.1. The van der Waals surface area contributed by atoms with Crippen LogP contribution in [0.25, 0.3) is 0 Å². The third-order valence-electron chi connectivity index (χ3n) is 6.00. The van der Waals surface area contributed by atoms with Gasteiger partial charge in [0.2, 0.25) is 11.8 Å². The second kappa shape index (κ2) is 9.71. The predicted octanol–water partition coefficient (Wildman–Crippen LogP) is 1.16. The zero-order valence-electron chi connectivity index (χ0n) is 17.2. The van der Waals surface area contributed by atoms with E-state index >= 15 is 0 Å². The minimum atomic E-state index is -0.381. The number of pyridine rings is 1. The maximum absolute atomic E-state index is 13.0. The van der Waals surface area contributed by atoms with Crippen LogP contribution in [0.5, 0.6) is 0 Å². The van der Waals surface area contributed by atoms with Gasteiger partial charge in [-0.3, -0.25) is 19.5 Å². The summed E-state index contributed by atoms with van der Waals surface area (Å²) in [6.07, 6.45) is 4.70. The first-order chi connectivity index (χ1) is 14.7. The lowest BCUT2D eigenvalue weighted by Crippen LogP contribution is -2.58. The number of aromatic nitrogens is 1. The molecule has 158 valence electrons. The van der Waals surface area contributed by atoms with Gasteiger partial charge in [-0.15, -0.1) is 0 Å². The smallest absolute Gasteiger partial charge is 0.237 e. The van der Waals surface area contributed by atoms with E-state index in [1.165, 1.54) is 5.56 Å². The molecule has 4 rings (SSSR count). The van der Waals surface area contributed by atoms with E-state index < -0.39 is 0 Å². The van der Waals surface area contributed by atoms with Crippen molar-refractivity contribution in [3.05, 3.63) is 60.4 Å². The number of benzene rings is 1. The molecular weight excluding hydrogens is 378 g/mol. The Bertz CT molecular complexity index is 837.